The van der Waals surface area contributed by atoms with Crippen LogP contribution in [0, 0.1) is 5.92 Å². The van der Waals surface area contributed by atoms with Crippen molar-refractivity contribution in [2.75, 3.05) is 31.1 Å². The Hall–Kier alpha value is -1.69. The van der Waals surface area contributed by atoms with E-state index in [1.54, 1.807) is 18.5 Å². The summed E-state index contributed by atoms with van der Waals surface area (Å²) in [5.41, 5.74) is 0. The number of rotatable bonds is 2. The maximum atomic E-state index is 12.5. The standard InChI is InChI=1S/C14H20N4O2/c19-12-3-8-17(9-4-12)13(20)11-2-7-18(10-11)14-15-5-1-6-16-14/h1,5-6,11-12,19H,2-4,7-10H2/t11-/m0/s1. The number of anilines is 1. The summed E-state index contributed by atoms with van der Waals surface area (Å²) in [7, 11) is 0. The Morgan fingerprint density at radius 2 is 1.85 bits per heavy atom. The Labute approximate surface area is 118 Å². The summed E-state index contributed by atoms with van der Waals surface area (Å²) in [4.78, 5) is 24.9. The number of aliphatic hydroxyl groups is 1. The van der Waals surface area contributed by atoms with Crippen molar-refractivity contribution in [1.82, 2.24) is 14.9 Å². The van der Waals surface area contributed by atoms with E-state index in [4.69, 9.17) is 0 Å². The van der Waals surface area contributed by atoms with Crippen LogP contribution in [0.4, 0.5) is 5.95 Å². The van der Waals surface area contributed by atoms with E-state index in [0.717, 1.165) is 13.0 Å². The molecule has 1 atom stereocenters. The van der Waals surface area contributed by atoms with Crippen molar-refractivity contribution in [3.8, 4) is 0 Å². The molecule has 1 amide bonds. The quantitative estimate of drug-likeness (QED) is 0.840. The maximum absolute atomic E-state index is 12.5. The SMILES string of the molecule is O=C([C@H]1CCN(c2ncccn2)C1)N1CCC(O)CC1. The second kappa shape index (κ2) is 5.75. The van der Waals surface area contributed by atoms with Crippen LogP contribution in [-0.4, -0.2) is 58.2 Å². The molecule has 0 aliphatic carbocycles. The third kappa shape index (κ3) is 2.75. The number of aliphatic hydroxyl groups excluding tert-OH is 1. The Balaban J connectivity index is 1.58. The summed E-state index contributed by atoms with van der Waals surface area (Å²) < 4.78 is 0. The van der Waals surface area contributed by atoms with Gasteiger partial charge in [0.25, 0.3) is 0 Å². The van der Waals surface area contributed by atoms with E-state index in [1.165, 1.54) is 0 Å². The van der Waals surface area contributed by atoms with Crippen molar-refractivity contribution in [2.45, 2.75) is 25.4 Å². The number of carbonyl (C=O) groups is 1. The summed E-state index contributed by atoms with van der Waals surface area (Å²) in [6.45, 7) is 2.88. The molecular formula is C14H20N4O2. The molecule has 0 aromatic carbocycles. The fourth-order valence-electron chi connectivity index (χ4n) is 2.94. The van der Waals surface area contributed by atoms with E-state index < -0.39 is 0 Å². The summed E-state index contributed by atoms with van der Waals surface area (Å²) in [5.74, 6) is 0.959. The lowest BCUT2D eigenvalue weighted by Crippen LogP contribution is -2.43. The summed E-state index contributed by atoms with van der Waals surface area (Å²) in [6, 6.07) is 1.79. The van der Waals surface area contributed by atoms with Gasteiger partial charge in [0.15, 0.2) is 0 Å². The third-order valence-electron chi connectivity index (χ3n) is 4.15. The van der Waals surface area contributed by atoms with Gasteiger partial charge in [-0.05, 0) is 25.3 Å². The molecule has 6 heteroatoms. The van der Waals surface area contributed by atoms with Crippen LogP contribution in [0.25, 0.3) is 0 Å². The number of likely N-dealkylation sites (tertiary alicyclic amines) is 1. The minimum atomic E-state index is -0.239. The number of nitrogens with zero attached hydrogens (tertiary/aromatic N) is 4. The van der Waals surface area contributed by atoms with Gasteiger partial charge in [0.1, 0.15) is 0 Å². The molecule has 6 nitrogen and oxygen atoms in total. The molecule has 0 radical (unpaired) electrons. The van der Waals surface area contributed by atoms with Crippen molar-refractivity contribution in [2.24, 2.45) is 5.92 Å². The number of piperidine rings is 1. The van der Waals surface area contributed by atoms with Crippen molar-refractivity contribution in [3.05, 3.63) is 18.5 Å². The minimum Gasteiger partial charge on any atom is -0.393 e. The first-order valence-corrected chi connectivity index (χ1v) is 7.23. The van der Waals surface area contributed by atoms with Crippen molar-refractivity contribution >= 4 is 11.9 Å². The molecule has 1 aromatic heterocycles. The van der Waals surface area contributed by atoms with E-state index >= 15 is 0 Å². The van der Waals surface area contributed by atoms with Crippen LogP contribution in [0.1, 0.15) is 19.3 Å². The number of amides is 1. The predicted molar refractivity (Wildman–Crippen MR) is 74.2 cm³/mol. The van der Waals surface area contributed by atoms with E-state index in [-0.39, 0.29) is 17.9 Å². The van der Waals surface area contributed by atoms with Gasteiger partial charge in [0, 0.05) is 38.6 Å². The maximum Gasteiger partial charge on any atom is 0.227 e. The van der Waals surface area contributed by atoms with Crippen LogP contribution in [-0.2, 0) is 4.79 Å². The van der Waals surface area contributed by atoms with Gasteiger partial charge < -0.3 is 14.9 Å². The first-order valence-electron chi connectivity index (χ1n) is 7.23. The van der Waals surface area contributed by atoms with Gasteiger partial charge >= 0.3 is 0 Å². The van der Waals surface area contributed by atoms with Gasteiger partial charge in [0.2, 0.25) is 11.9 Å². The first-order chi connectivity index (χ1) is 9.74. The molecule has 3 rings (SSSR count). The molecular weight excluding hydrogens is 256 g/mol. The highest BCUT2D eigenvalue weighted by Gasteiger charge is 2.33. The number of aromatic nitrogens is 2. The topological polar surface area (TPSA) is 69.6 Å². The van der Waals surface area contributed by atoms with Gasteiger partial charge in [-0.2, -0.15) is 0 Å². The Morgan fingerprint density at radius 1 is 1.15 bits per heavy atom. The van der Waals surface area contributed by atoms with Crippen molar-refractivity contribution in [1.29, 1.82) is 0 Å². The van der Waals surface area contributed by atoms with Crippen molar-refractivity contribution in [3.63, 3.8) is 0 Å². The Kier molecular flexibility index (Phi) is 3.82. The van der Waals surface area contributed by atoms with Gasteiger partial charge in [-0.1, -0.05) is 0 Å². The molecule has 20 heavy (non-hydrogen) atoms. The van der Waals surface area contributed by atoms with Crippen LogP contribution >= 0.6 is 0 Å². The normalized spacial score (nSPS) is 24.1. The second-order valence-corrected chi connectivity index (χ2v) is 5.54. The second-order valence-electron chi connectivity index (χ2n) is 5.54. The fourth-order valence-corrected chi connectivity index (χ4v) is 2.94. The molecule has 0 unspecified atom stereocenters. The average Bonchev–Trinajstić information content (AvgIpc) is 2.98. The molecule has 2 aliphatic heterocycles. The zero-order valence-electron chi connectivity index (χ0n) is 11.5. The summed E-state index contributed by atoms with van der Waals surface area (Å²) in [5, 5.41) is 9.50. The van der Waals surface area contributed by atoms with E-state index in [2.05, 4.69) is 14.9 Å². The highest BCUT2D eigenvalue weighted by atomic mass is 16.3. The lowest BCUT2D eigenvalue weighted by Gasteiger charge is -2.31. The first kappa shape index (κ1) is 13.3. The molecule has 2 fully saturated rings. The molecule has 0 bridgehead atoms. The lowest BCUT2D eigenvalue weighted by molar-refractivity contribution is -0.136. The zero-order chi connectivity index (χ0) is 13.9. The van der Waals surface area contributed by atoms with Gasteiger partial charge in [-0.15, -0.1) is 0 Å². The van der Waals surface area contributed by atoms with Crippen molar-refractivity contribution < 1.29 is 9.90 Å². The van der Waals surface area contributed by atoms with Crippen LogP contribution in [0.2, 0.25) is 0 Å². The molecule has 1 aromatic rings. The summed E-state index contributed by atoms with van der Waals surface area (Å²) >= 11 is 0. The highest BCUT2D eigenvalue weighted by molar-refractivity contribution is 5.80. The monoisotopic (exact) mass is 276 g/mol. The Bertz CT molecular complexity index is 460. The van der Waals surface area contributed by atoms with E-state index in [9.17, 15) is 9.90 Å². The lowest BCUT2D eigenvalue weighted by atomic mass is 10.0. The molecule has 1 N–H and O–H groups in total. The Morgan fingerprint density at radius 3 is 2.55 bits per heavy atom. The zero-order valence-corrected chi connectivity index (χ0v) is 11.5. The third-order valence-corrected chi connectivity index (χ3v) is 4.15. The highest BCUT2D eigenvalue weighted by Crippen LogP contribution is 2.23. The molecule has 108 valence electrons. The number of hydrogen-bond donors (Lipinski definition) is 1. The van der Waals surface area contributed by atoms with E-state index in [0.29, 0.717) is 38.4 Å². The number of carbonyl (C=O) groups excluding carboxylic acids is 1. The molecule has 3 heterocycles. The molecule has 0 saturated carbocycles. The van der Waals surface area contributed by atoms with Crippen LogP contribution in [0.15, 0.2) is 18.5 Å². The van der Waals surface area contributed by atoms with Gasteiger partial charge in [0.05, 0.1) is 12.0 Å². The minimum absolute atomic E-state index is 0.0362. The van der Waals surface area contributed by atoms with E-state index in [1.807, 2.05) is 4.90 Å². The summed E-state index contributed by atoms with van der Waals surface area (Å²) in [6.07, 6.45) is 5.47. The molecule has 2 aliphatic rings. The van der Waals surface area contributed by atoms with Gasteiger partial charge in [-0.3, -0.25) is 4.79 Å². The fraction of sp³-hybridized carbons (Fsp3) is 0.643. The average molecular weight is 276 g/mol. The number of hydrogen-bond acceptors (Lipinski definition) is 5. The predicted octanol–water partition coefficient (Wildman–Crippen LogP) is 0.286. The van der Waals surface area contributed by atoms with Crippen LogP contribution in [0.3, 0.4) is 0 Å². The smallest absolute Gasteiger partial charge is 0.227 e. The van der Waals surface area contributed by atoms with Crippen LogP contribution in [0.5, 0.6) is 0 Å². The molecule has 0 spiro atoms. The van der Waals surface area contributed by atoms with Crippen LogP contribution < -0.4 is 4.90 Å². The largest absolute Gasteiger partial charge is 0.393 e. The van der Waals surface area contributed by atoms with Gasteiger partial charge in [-0.25, -0.2) is 9.97 Å². The molecule has 2 saturated heterocycles.